The van der Waals surface area contributed by atoms with Crippen molar-refractivity contribution in [3.05, 3.63) is 74.6 Å². The van der Waals surface area contributed by atoms with Crippen molar-refractivity contribution in [3.8, 4) is 17.3 Å². The van der Waals surface area contributed by atoms with Gasteiger partial charge >= 0.3 is 0 Å². The Hall–Kier alpha value is -4.06. The van der Waals surface area contributed by atoms with Crippen molar-refractivity contribution >= 4 is 17.1 Å². The van der Waals surface area contributed by atoms with E-state index in [-0.39, 0.29) is 11.4 Å². The van der Waals surface area contributed by atoms with E-state index in [1.165, 1.54) is 24.3 Å². The minimum atomic E-state index is -0.505. The highest BCUT2D eigenvalue weighted by molar-refractivity contribution is 5.71. The van der Waals surface area contributed by atoms with Crippen molar-refractivity contribution in [2.45, 2.75) is 0 Å². The van der Waals surface area contributed by atoms with E-state index in [9.17, 15) is 14.9 Å². The number of hydrogen-bond acceptors (Lipinski definition) is 6. The fourth-order valence-corrected chi connectivity index (χ4v) is 2.12. The van der Waals surface area contributed by atoms with Crippen molar-refractivity contribution < 1.29 is 4.92 Å². The second-order valence-corrected chi connectivity index (χ2v) is 4.97. The monoisotopic (exact) mass is 334 g/mol. The lowest BCUT2D eigenvalue weighted by Crippen LogP contribution is -1.96. The minimum absolute atomic E-state index is 0.0533. The first-order chi connectivity index (χ1) is 12.1. The van der Waals surface area contributed by atoms with Crippen LogP contribution >= 0.6 is 0 Å². The fourth-order valence-electron chi connectivity index (χ4n) is 2.12. The van der Waals surface area contributed by atoms with Gasteiger partial charge in [-0.25, -0.2) is 0 Å². The number of H-pyrrole nitrogens is 2. The topological polar surface area (TPSA) is 140 Å². The molecule has 9 nitrogen and oxygen atoms in total. The van der Waals surface area contributed by atoms with E-state index >= 15 is 0 Å². The smallest absolute Gasteiger partial charge is 0.292 e. The standard InChI is InChI=1S/C16H10N6O3/c17-9-10-1-5-12(6-2-10)18-20-15-14(19-21-16(15)23)11-3-7-13(8-4-11)22(24)25/h1-8H,(H2,19,21,23). The first-order valence-corrected chi connectivity index (χ1v) is 7.06. The molecule has 3 rings (SSSR count). The number of non-ortho nitro benzene ring substituents is 1. The van der Waals surface area contributed by atoms with Gasteiger partial charge in [0.05, 0.1) is 27.9 Å². The molecule has 0 amide bonds. The maximum Gasteiger partial charge on any atom is 0.292 e. The van der Waals surface area contributed by atoms with Crippen molar-refractivity contribution in [3.63, 3.8) is 0 Å². The van der Waals surface area contributed by atoms with Crippen LogP contribution in [0.1, 0.15) is 5.56 Å². The molecule has 0 aliphatic heterocycles. The van der Waals surface area contributed by atoms with Gasteiger partial charge in [-0.15, -0.1) is 5.11 Å². The van der Waals surface area contributed by atoms with Gasteiger partial charge in [-0.1, -0.05) is 0 Å². The number of nitriles is 1. The lowest BCUT2D eigenvalue weighted by atomic mass is 10.1. The summed E-state index contributed by atoms with van der Waals surface area (Å²) in [5.41, 5.74) is 1.43. The van der Waals surface area contributed by atoms with E-state index in [0.717, 1.165) is 0 Å². The molecule has 0 unspecified atom stereocenters. The summed E-state index contributed by atoms with van der Waals surface area (Å²) in [7, 11) is 0. The molecule has 25 heavy (non-hydrogen) atoms. The summed E-state index contributed by atoms with van der Waals surface area (Å²) in [6.45, 7) is 0. The van der Waals surface area contributed by atoms with Crippen LogP contribution < -0.4 is 5.56 Å². The second-order valence-electron chi connectivity index (χ2n) is 4.97. The summed E-state index contributed by atoms with van der Waals surface area (Å²) in [4.78, 5) is 22.1. The summed E-state index contributed by atoms with van der Waals surface area (Å²) in [6, 6.07) is 14.1. The van der Waals surface area contributed by atoms with Crippen molar-refractivity contribution in [1.82, 2.24) is 10.2 Å². The largest absolute Gasteiger partial charge is 0.295 e. The van der Waals surface area contributed by atoms with Gasteiger partial charge < -0.3 is 0 Å². The van der Waals surface area contributed by atoms with Crippen LogP contribution in [0.4, 0.5) is 17.1 Å². The molecule has 1 aromatic heterocycles. The average molecular weight is 334 g/mol. The lowest BCUT2D eigenvalue weighted by molar-refractivity contribution is -0.384. The number of aromatic amines is 2. The lowest BCUT2D eigenvalue weighted by Gasteiger charge is -1.98. The number of rotatable bonds is 4. The van der Waals surface area contributed by atoms with E-state index in [1.807, 2.05) is 6.07 Å². The van der Waals surface area contributed by atoms with Gasteiger partial charge in [-0.3, -0.25) is 25.1 Å². The summed E-state index contributed by atoms with van der Waals surface area (Å²) in [5.74, 6) is 0. The predicted octanol–water partition coefficient (Wildman–Crippen LogP) is 3.57. The molecule has 0 fully saturated rings. The Bertz CT molecular complexity index is 1040. The highest BCUT2D eigenvalue weighted by atomic mass is 16.6. The Morgan fingerprint density at radius 1 is 1.00 bits per heavy atom. The van der Waals surface area contributed by atoms with Crippen LogP contribution in [0.15, 0.2) is 63.6 Å². The third kappa shape index (κ3) is 3.32. The zero-order chi connectivity index (χ0) is 17.8. The number of benzene rings is 2. The van der Waals surface area contributed by atoms with Gasteiger partial charge in [-0.2, -0.15) is 10.4 Å². The van der Waals surface area contributed by atoms with E-state index < -0.39 is 10.5 Å². The van der Waals surface area contributed by atoms with Crippen LogP contribution in [0.2, 0.25) is 0 Å². The molecule has 2 N–H and O–H groups in total. The Morgan fingerprint density at radius 2 is 1.68 bits per heavy atom. The van der Waals surface area contributed by atoms with Crippen molar-refractivity contribution in [1.29, 1.82) is 5.26 Å². The fraction of sp³-hybridized carbons (Fsp3) is 0. The zero-order valence-electron chi connectivity index (χ0n) is 12.6. The van der Waals surface area contributed by atoms with Gasteiger partial charge in [-0.05, 0) is 36.4 Å². The highest BCUT2D eigenvalue weighted by Gasteiger charge is 2.13. The molecule has 0 saturated carbocycles. The number of azo groups is 1. The quantitative estimate of drug-likeness (QED) is 0.427. The zero-order valence-corrected chi connectivity index (χ0v) is 12.6. The number of nitrogens with one attached hydrogen (secondary N) is 2. The van der Waals surface area contributed by atoms with Gasteiger partial charge in [0.15, 0.2) is 5.69 Å². The predicted molar refractivity (Wildman–Crippen MR) is 88.8 cm³/mol. The Labute approximate surface area is 140 Å². The molecule has 0 aliphatic carbocycles. The van der Waals surface area contributed by atoms with E-state index in [2.05, 4.69) is 20.4 Å². The number of nitrogens with zero attached hydrogens (tertiary/aromatic N) is 4. The van der Waals surface area contributed by atoms with Crippen LogP contribution in [0.3, 0.4) is 0 Å². The molecule has 0 bridgehead atoms. The summed E-state index contributed by atoms with van der Waals surface area (Å²) < 4.78 is 0. The van der Waals surface area contributed by atoms with Crippen LogP contribution in [0.25, 0.3) is 11.3 Å². The molecule has 0 atom stereocenters. The molecule has 0 radical (unpaired) electrons. The maximum atomic E-state index is 11.9. The molecule has 0 spiro atoms. The molecule has 122 valence electrons. The average Bonchev–Trinajstić information content (AvgIpc) is 3.01. The van der Waals surface area contributed by atoms with Crippen LogP contribution in [-0.2, 0) is 0 Å². The van der Waals surface area contributed by atoms with Crippen molar-refractivity contribution in [2.75, 3.05) is 0 Å². The Balaban J connectivity index is 1.93. The van der Waals surface area contributed by atoms with Gasteiger partial charge in [0, 0.05) is 17.7 Å². The minimum Gasteiger partial charge on any atom is -0.295 e. The van der Waals surface area contributed by atoms with Gasteiger partial charge in [0.25, 0.3) is 11.2 Å². The first kappa shape index (κ1) is 15.8. The van der Waals surface area contributed by atoms with Crippen molar-refractivity contribution in [2.24, 2.45) is 10.2 Å². The first-order valence-electron chi connectivity index (χ1n) is 7.06. The van der Waals surface area contributed by atoms with Gasteiger partial charge in [0.2, 0.25) is 0 Å². The summed E-state index contributed by atoms with van der Waals surface area (Å²) in [5, 5.41) is 32.5. The number of hydrogen-bond donors (Lipinski definition) is 2. The molecule has 9 heteroatoms. The number of aromatic nitrogens is 2. The van der Waals surface area contributed by atoms with E-state index in [4.69, 9.17) is 5.26 Å². The Kier molecular flexibility index (Phi) is 4.17. The molecule has 0 aliphatic rings. The molecule has 1 heterocycles. The van der Waals surface area contributed by atoms with E-state index in [0.29, 0.717) is 22.5 Å². The van der Waals surface area contributed by atoms with Crippen LogP contribution in [-0.4, -0.2) is 15.1 Å². The maximum absolute atomic E-state index is 11.9. The van der Waals surface area contributed by atoms with Crippen LogP contribution in [0.5, 0.6) is 0 Å². The van der Waals surface area contributed by atoms with Gasteiger partial charge in [0.1, 0.15) is 0 Å². The third-order valence-electron chi connectivity index (χ3n) is 3.38. The number of nitro groups is 1. The normalized spacial score (nSPS) is 10.7. The van der Waals surface area contributed by atoms with Crippen LogP contribution in [0, 0.1) is 21.4 Å². The SMILES string of the molecule is N#Cc1ccc(N=Nc2c(-c3ccc([N+](=O)[O-])cc3)[nH][nH]c2=O)cc1. The second kappa shape index (κ2) is 6.59. The van der Waals surface area contributed by atoms with E-state index in [1.54, 1.807) is 24.3 Å². The number of nitro benzene ring substituents is 1. The molecular formula is C16H10N6O3. The molecule has 0 saturated heterocycles. The highest BCUT2D eigenvalue weighted by Crippen LogP contribution is 2.28. The summed E-state index contributed by atoms with van der Waals surface area (Å²) >= 11 is 0. The molecule has 3 aromatic rings. The molecule has 2 aromatic carbocycles. The Morgan fingerprint density at radius 3 is 2.28 bits per heavy atom. The summed E-state index contributed by atoms with van der Waals surface area (Å²) in [6.07, 6.45) is 0. The molecular weight excluding hydrogens is 324 g/mol. The third-order valence-corrected chi connectivity index (χ3v) is 3.38.